The van der Waals surface area contributed by atoms with E-state index in [9.17, 15) is 4.39 Å². The Labute approximate surface area is 184 Å². The Balaban J connectivity index is 1.74. The number of rotatable bonds is 0. The number of hydrogen-bond acceptors (Lipinski definition) is 6. The molecule has 3 aromatic rings. The molecule has 0 saturated carbocycles. The first-order valence-corrected chi connectivity index (χ1v) is 10.6. The van der Waals surface area contributed by atoms with Gasteiger partial charge in [0.2, 0.25) is 0 Å². The van der Waals surface area contributed by atoms with Crippen LogP contribution in [0.5, 0.6) is 11.5 Å². The van der Waals surface area contributed by atoms with E-state index in [2.05, 4.69) is 28.8 Å². The van der Waals surface area contributed by atoms with Crippen molar-refractivity contribution in [2.75, 3.05) is 18.1 Å². The minimum atomic E-state index is -0.479. The van der Waals surface area contributed by atoms with E-state index in [-0.39, 0.29) is 17.2 Å². The molecule has 1 N–H and O–H groups in total. The van der Waals surface area contributed by atoms with Crippen LogP contribution in [-0.2, 0) is 6.54 Å². The summed E-state index contributed by atoms with van der Waals surface area (Å²) >= 11 is 6.43. The van der Waals surface area contributed by atoms with Gasteiger partial charge >= 0.3 is 0 Å². The summed E-state index contributed by atoms with van der Waals surface area (Å²) in [4.78, 5) is 7.00. The molecule has 0 saturated heterocycles. The minimum Gasteiger partial charge on any atom is -0.488 e. The van der Waals surface area contributed by atoms with Crippen molar-refractivity contribution >= 4 is 28.8 Å². The maximum absolute atomic E-state index is 14.4. The van der Waals surface area contributed by atoms with Gasteiger partial charge in [0.05, 0.1) is 42.7 Å². The number of nitrogens with zero attached hydrogens (tertiary/aromatic N) is 4. The molecule has 0 amide bonds. The van der Waals surface area contributed by atoms with Crippen molar-refractivity contribution in [3.05, 3.63) is 53.1 Å². The topological polar surface area (TPSA) is 63.9 Å². The van der Waals surface area contributed by atoms with Crippen LogP contribution < -0.4 is 19.7 Å². The van der Waals surface area contributed by atoms with Crippen molar-refractivity contribution < 1.29 is 13.9 Å². The highest BCUT2D eigenvalue weighted by Gasteiger charge is 2.29. The van der Waals surface area contributed by atoms with Gasteiger partial charge in [0.25, 0.3) is 0 Å². The van der Waals surface area contributed by atoms with Crippen LogP contribution in [-0.4, -0.2) is 39.9 Å². The fourth-order valence-corrected chi connectivity index (χ4v) is 4.18. The number of benzene rings is 1. The molecule has 162 valence electrons. The molecule has 2 aromatic heterocycles. The molecule has 2 aliphatic rings. The summed E-state index contributed by atoms with van der Waals surface area (Å²) in [5.41, 5.74) is 2.75. The van der Waals surface area contributed by atoms with Gasteiger partial charge in [-0.05, 0) is 26.0 Å². The molecule has 0 fully saturated rings. The molecule has 1 aromatic carbocycles. The van der Waals surface area contributed by atoms with Crippen molar-refractivity contribution in [1.29, 1.82) is 0 Å². The second kappa shape index (κ2) is 7.60. The summed E-state index contributed by atoms with van der Waals surface area (Å²) in [7, 11) is 0. The fraction of sp³-hybridized carbons (Fsp3) is 0.364. The third-order valence-corrected chi connectivity index (χ3v) is 6.18. The van der Waals surface area contributed by atoms with E-state index in [4.69, 9.17) is 26.1 Å². The third-order valence-electron chi connectivity index (χ3n) is 5.78. The quantitative estimate of drug-likeness (QED) is 0.565. The van der Waals surface area contributed by atoms with Gasteiger partial charge in [-0.25, -0.2) is 13.9 Å². The summed E-state index contributed by atoms with van der Waals surface area (Å²) in [6.45, 7) is 9.55. The van der Waals surface area contributed by atoms with Crippen LogP contribution in [0.15, 0.2) is 31.1 Å². The van der Waals surface area contributed by atoms with Gasteiger partial charge in [-0.15, -0.1) is 0 Å². The summed E-state index contributed by atoms with van der Waals surface area (Å²) in [6.07, 6.45) is 4.13. The Kier molecular flexibility index (Phi) is 4.89. The summed E-state index contributed by atoms with van der Waals surface area (Å²) in [6, 6.07) is 3.05. The Morgan fingerprint density at radius 2 is 2.13 bits per heavy atom. The number of ether oxygens (including phenoxy) is 2. The third kappa shape index (κ3) is 3.44. The van der Waals surface area contributed by atoms with E-state index in [1.165, 1.54) is 6.07 Å². The Morgan fingerprint density at radius 1 is 1.29 bits per heavy atom. The minimum absolute atomic E-state index is 0.0574. The fourth-order valence-electron chi connectivity index (χ4n) is 3.96. The van der Waals surface area contributed by atoms with E-state index in [0.29, 0.717) is 53.9 Å². The second-order valence-electron chi connectivity index (χ2n) is 8.00. The van der Waals surface area contributed by atoms with Crippen molar-refractivity contribution in [2.24, 2.45) is 0 Å². The van der Waals surface area contributed by atoms with Crippen LogP contribution >= 0.6 is 11.6 Å². The number of halogens is 2. The Bertz CT molecular complexity index is 1180. The number of anilines is 1. The van der Waals surface area contributed by atoms with Gasteiger partial charge in [0.1, 0.15) is 17.7 Å². The molecular weight excluding hydrogens is 421 g/mol. The average Bonchev–Trinajstić information content (AvgIpc) is 3.09. The highest BCUT2D eigenvalue weighted by atomic mass is 35.5. The number of hydrogen-bond donors (Lipinski definition) is 1. The van der Waals surface area contributed by atoms with Crippen molar-refractivity contribution in [3.63, 3.8) is 0 Å². The average molecular weight is 444 g/mol. The van der Waals surface area contributed by atoms with Gasteiger partial charge < -0.3 is 19.7 Å². The molecule has 0 radical (unpaired) electrons. The SMILES string of the molecule is C=C1NC[C@H](C)Oc2ccc(F)c(Cl)c2CN2c3nc4c1cnn4cc3OCC[C@H]2C. The first-order chi connectivity index (χ1) is 14.9. The van der Waals surface area contributed by atoms with Crippen LogP contribution in [0.4, 0.5) is 10.2 Å². The van der Waals surface area contributed by atoms with Crippen molar-refractivity contribution in [1.82, 2.24) is 19.9 Å². The molecule has 0 spiro atoms. The highest BCUT2D eigenvalue weighted by Crippen LogP contribution is 2.38. The molecule has 7 nitrogen and oxygen atoms in total. The zero-order chi connectivity index (χ0) is 21.7. The monoisotopic (exact) mass is 443 g/mol. The normalized spacial score (nSPS) is 21.2. The van der Waals surface area contributed by atoms with Crippen LogP contribution in [0.25, 0.3) is 11.3 Å². The molecule has 2 aliphatic heterocycles. The number of nitrogens with one attached hydrogen (secondary N) is 1. The largest absolute Gasteiger partial charge is 0.488 e. The standard InChI is InChI=1S/C22H23ClFN5O2/c1-12-6-7-30-19-11-29-21-15(9-26-29)14(3)25-8-13(2)31-18-5-4-17(24)20(23)16(18)10-28(12)22(19)27-21/h4-5,9,11-13,25H,3,6-8,10H2,1-2H3/t12-,13+/m1/s1. The lowest BCUT2D eigenvalue weighted by Gasteiger charge is -2.30. The maximum atomic E-state index is 14.4. The molecule has 5 rings (SSSR count). The van der Waals surface area contributed by atoms with Gasteiger partial charge in [-0.3, -0.25) is 0 Å². The summed E-state index contributed by atoms with van der Waals surface area (Å²) in [5.74, 6) is 1.34. The molecule has 9 heteroatoms. The van der Waals surface area contributed by atoms with Gasteiger partial charge in [-0.1, -0.05) is 18.2 Å². The van der Waals surface area contributed by atoms with E-state index in [1.54, 1.807) is 16.8 Å². The van der Waals surface area contributed by atoms with E-state index < -0.39 is 5.82 Å². The molecular formula is C22H23ClFN5O2. The number of aromatic nitrogens is 3. The predicted octanol–water partition coefficient (Wildman–Crippen LogP) is 4.04. The van der Waals surface area contributed by atoms with E-state index in [1.807, 2.05) is 13.1 Å². The van der Waals surface area contributed by atoms with Crippen molar-refractivity contribution in [3.8, 4) is 11.5 Å². The molecule has 4 heterocycles. The molecule has 2 atom stereocenters. The molecule has 31 heavy (non-hydrogen) atoms. The van der Waals surface area contributed by atoms with Crippen molar-refractivity contribution in [2.45, 2.75) is 39.0 Å². The molecule has 0 unspecified atom stereocenters. The van der Waals surface area contributed by atoms with Crippen LogP contribution in [0, 0.1) is 5.82 Å². The lowest BCUT2D eigenvalue weighted by Crippen LogP contribution is -2.33. The van der Waals surface area contributed by atoms with Gasteiger partial charge in [0, 0.05) is 23.7 Å². The highest BCUT2D eigenvalue weighted by molar-refractivity contribution is 6.31. The van der Waals surface area contributed by atoms with E-state index in [0.717, 1.165) is 12.0 Å². The molecule has 2 bridgehead atoms. The smallest absolute Gasteiger partial charge is 0.180 e. The summed E-state index contributed by atoms with van der Waals surface area (Å²) in [5, 5.41) is 7.77. The lowest BCUT2D eigenvalue weighted by molar-refractivity contribution is 0.221. The zero-order valence-corrected chi connectivity index (χ0v) is 18.1. The van der Waals surface area contributed by atoms with Crippen LogP contribution in [0.2, 0.25) is 5.02 Å². The number of fused-ring (bicyclic) bond motifs is 1. The Morgan fingerprint density at radius 3 is 2.97 bits per heavy atom. The zero-order valence-electron chi connectivity index (χ0n) is 17.4. The van der Waals surface area contributed by atoms with Crippen LogP contribution in [0.3, 0.4) is 0 Å². The lowest BCUT2D eigenvalue weighted by atomic mass is 10.1. The first-order valence-electron chi connectivity index (χ1n) is 10.3. The summed E-state index contributed by atoms with van der Waals surface area (Å²) < 4.78 is 28.3. The first kappa shape index (κ1) is 19.9. The second-order valence-corrected chi connectivity index (χ2v) is 8.37. The van der Waals surface area contributed by atoms with Gasteiger partial charge in [-0.2, -0.15) is 5.10 Å². The van der Waals surface area contributed by atoms with Crippen LogP contribution in [0.1, 0.15) is 31.4 Å². The Hall–Kier alpha value is -3.00. The maximum Gasteiger partial charge on any atom is 0.180 e. The predicted molar refractivity (Wildman–Crippen MR) is 117 cm³/mol. The molecule has 0 aliphatic carbocycles. The van der Waals surface area contributed by atoms with E-state index >= 15 is 0 Å². The van der Waals surface area contributed by atoms with Gasteiger partial charge in [0.15, 0.2) is 17.2 Å².